The highest BCUT2D eigenvalue weighted by atomic mass is 15.3. The van der Waals surface area contributed by atoms with Gasteiger partial charge in [0.15, 0.2) is 0 Å². The third-order valence-corrected chi connectivity index (χ3v) is 4.38. The third kappa shape index (κ3) is 2.24. The molecule has 4 nitrogen and oxygen atoms in total. The quantitative estimate of drug-likeness (QED) is 0.842. The van der Waals surface area contributed by atoms with E-state index in [1.165, 1.54) is 19.4 Å². The summed E-state index contributed by atoms with van der Waals surface area (Å²) in [6, 6.07) is 2.00. The van der Waals surface area contributed by atoms with E-state index in [-0.39, 0.29) is 0 Å². The average molecular weight is 234 g/mol. The van der Waals surface area contributed by atoms with Crippen LogP contribution in [0.1, 0.15) is 19.8 Å². The second-order valence-corrected chi connectivity index (χ2v) is 5.56. The molecule has 4 heteroatoms. The second-order valence-electron chi connectivity index (χ2n) is 5.56. The van der Waals surface area contributed by atoms with Gasteiger partial charge in [0, 0.05) is 44.1 Å². The van der Waals surface area contributed by atoms with E-state index in [0.717, 1.165) is 32.1 Å². The molecule has 2 heterocycles. The van der Waals surface area contributed by atoms with Crippen molar-refractivity contribution in [2.45, 2.75) is 31.8 Å². The van der Waals surface area contributed by atoms with Gasteiger partial charge in [-0.15, -0.1) is 0 Å². The summed E-state index contributed by atoms with van der Waals surface area (Å²) in [6.45, 7) is 8.01. The Morgan fingerprint density at radius 3 is 3.00 bits per heavy atom. The number of rotatable bonds is 4. The first kappa shape index (κ1) is 11.2. The van der Waals surface area contributed by atoms with E-state index in [9.17, 15) is 0 Å². The van der Waals surface area contributed by atoms with Crippen LogP contribution in [0.3, 0.4) is 0 Å². The van der Waals surface area contributed by atoms with Crippen LogP contribution in [0.15, 0.2) is 18.5 Å². The van der Waals surface area contributed by atoms with Gasteiger partial charge in [0.25, 0.3) is 0 Å². The molecule has 1 atom stereocenters. The largest absolute Gasteiger partial charge is 0.314 e. The first-order valence-corrected chi connectivity index (χ1v) is 6.72. The molecular formula is C13H22N4. The van der Waals surface area contributed by atoms with E-state index in [0.29, 0.717) is 5.54 Å². The van der Waals surface area contributed by atoms with Gasteiger partial charge in [-0.25, -0.2) is 0 Å². The van der Waals surface area contributed by atoms with Crippen LogP contribution in [0.25, 0.3) is 0 Å². The molecule has 0 aromatic carbocycles. The lowest BCUT2D eigenvalue weighted by atomic mass is 9.91. The summed E-state index contributed by atoms with van der Waals surface area (Å²) in [5.41, 5.74) is 0.380. The zero-order chi connectivity index (χ0) is 11.7. The van der Waals surface area contributed by atoms with E-state index >= 15 is 0 Å². The Kier molecular flexibility index (Phi) is 2.92. The van der Waals surface area contributed by atoms with Crippen LogP contribution in [-0.4, -0.2) is 46.4 Å². The molecule has 1 aromatic heterocycles. The first-order chi connectivity index (χ1) is 8.29. The fourth-order valence-electron chi connectivity index (χ4n) is 3.05. The Balaban J connectivity index is 1.63. The molecule has 1 unspecified atom stereocenters. The lowest BCUT2D eigenvalue weighted by Crippen LogP contribution is -2.61. The summed E-state index contributed by atoms with van der Waals surface area (Å²) in [5, 5.41) is 7.84. The van der Waals surface area contributed by atoms with Crippen LogP contribution < -0.4 is 5.32 Å². The Morgan fingerprint density at radius 2 is 2.29 bits per heavy atom. The Hall–Kier alpha value is -0.870. The standard InChI is InChI=1S/C13H22N4/c1-13(12-3-4-12)11-14-6-8-16(13)9-10-17-7-2-5-15-17/h2,5,7,12,14H,3-4,6,8-11H2,1H3. The maximum atomic E-state index is 4.28. The monoisotopic (exact) mass is 234 g/mol. The molecule has 94 valence electrons. The minimum atomic E-state index is 0.380. The fourth-order valence-corrected chi connectivity index (χ4v) is 3.05. The summed E-state index contributed by atoms with van der Waals surface area (Å²) in [4.78, 5) is 2.67. The van der Waals surface area contributed by atoms with Crippen LogP contribution in [-0.2, 0) is 6.54 Å². The molecule has 0 amide bonds. The van der Waals surface area contributed by atoms with Crippen LogP contribution in [0.5, 0.6) is 0 Å². The topological polar surface area (TPSA) is 33.1 Å². The van der Waals surface area contributed by atoms with E-state index in [1.807, 2.05) is 16.9 Å². The summed E-state index contributed by atoms with van der Waals surface area (Å²) in [5.74, 6) is 0.910. The van der Waals surface area contributed by atoms with Crippen molar-refractivity contribution in [2.75, 3.05) is 26.2 Å². The van der Waals surface area contributed by atoms with Crippen LogP contribution in [0, 0.1) is 5.92 Å². The summed E-state index contributed by atoms with van der Waals surface area (Å²) >= 11 is 0. The molecule has 1 N–H and O–H groups in total. The summed E-state index contributed by atoms with van der Waals surface area (Å²) < 4.78 is 2.04. The van der Waals surface area contributed by atoms with Crippen molar-refractivity contribution < 1.29 is 0 Å². The number of nitrogens with one attached hydrogen (secondary N) is 1. The molecule has 0 radical (unpaired) electrons. The Bertz CT molecular complexity index is 358. The molecule has 2 fully saturated rings. The highest BCUT2D eigenvalue weighted by Gasteiger charge is 2.46. The van der Waals surface area contributed by atoms with Gasteiger partial charge in [0.1, 0.15) is 0 Å². The minimum Gasteiger partial charge on any atom is -0.314 e. The van der Waals surface area contributed by atoms with Crippen molar-refractivity contribution in [1.29, 1.82) is 0 Å². The van der Waals surface area contributed by atoms with Gasteiger partial charge in [0.2, 0.25) is 0 Å². The van der Waals surface area contributed by atoms with Gasteiger partial charge in [-0.1, -0.05) is 0 Å². The molecule has 0 spiro atoms. The SMILES string of the molecule is CC1(C2CC2)CNCCN1CCn1cccn1. The average Bonchev–Trinajstić information content (AvgIpc) is 3.08. The first-order valence-electron chi connectivity index (χ1n) is 6.72. The lowest BCUT2D eigenvalue weighted by Gasteiger charge is -2.46. The van der Waals surface area contributed by atoms with Crippen molar-refractivity contribution >= 4 is 0 Å². The molecule has 3 rings (SSSR count). The van der Waals surface area contributed by atoms with E-state index in [2.05, 4.69) is 28.4 Å². The molecule has 1 saturated carbocycles. The lowest BCUT2D eigenvalue weighted by molar-refractivity contribution is 0.0518. The van der Waals surface area contributed by atoms with E-state index in [4.69, 9.17) is 0 Å². The highest BCUT2D eigenvalue weighted by Crippen LogP contribution is 2.43. The number of hydrogen-bond acceptors (Lipinski definition) is 3. The van der Waals surface area contributed by atoms with Crippen molar-refractivity contribution in [2.24, 2.45) is 5.92 Å². The smallest absolute Gasteiger partial charge is 0.0536 e. The summed E-state index contributed by atoms with van der Waals surface area (Å²) in [6.07, 6.45) is 6.74. The third-order valence-electron chi connectivity index (χ3n) is 4.38. The maximum absolute atomic E-state index is 4.28. The summed E-state index contributed by atoms with van der Waals surface area (Å²) in [7, 11) is 0. The van der Waals surface area contributed by atoms with Gasteiger partial charge in [-0.2, -0.15) is 5.10 Å². The van der Waals surface area contributed by atoms with Gasteiger partial charge in [-0.05, 0) is 31.7 Å². The molecular weight excluding hydrogens is 212 g/mol. The molecule has 1 saturated heterocycles. The minimum absolute atomic E-state index is 0.380. The number of hydrogen-bond donors (Lipinski definition) is 1. The van der Waals surface area contributed by atoms with Gasteiger partial charge in [0.05, 0.1) is 6.54 Å². The van der Waals surface area contributed by atoms with Crippen LogP contribution >= 0.6 is 0 Å². The second kappa shape index (κ2) is 4.42. The van der Waals surface area contributed by atoms with Crippen molar-refractivity contribution in [3.8, 4) is 0 Å². The number of aromatic nitrogens is 2. The number of nitrogens with zero attached hydrogens (tertiary/aromatic N) is 3. The van der Waals surface area contributed by atoms with Crippen LogP contribution in [0.2, 0.25) is 0 Å². The molecule has 1 aliphatic carbocycles. The Labute approximate surface area is 103 Å². The zero-order valence-corrected chi connectivity index (χ0v) is 10.6. The predicted octanol–water partition coefficient (Wildman–Crippen LogP) is 0.957. The normalized spacial score (nSPS) is 30.6. The predicted molar refractivity (Wildman–Crippen MR) is 67.8 cm³/mol. The van der Waals surface area contributed by atoms with Gasteiger partial charge in [-0.3, -0.25) is 9.58 Å². The van der Waals surface area contributed by atoms with Crippen LogP contribution in [0.4, 0.5) is 0 Å². The molecule has 1 aliphatic heterocycles. The van der Waals surface area contributed by atoms with Crippen molar-refractivity contribution in [1.82, 2.24) is 20.0 Å². The molecule has 2 aliphatic rings. The highest BCUT2D eigenvalue weighted by molar-refractivity contribution is 5.03. The van der Waals surface area contributed by atoms with Gasteiger partial charge >= 0.3 is 0 Å². The molecule has 0 bridgehead atoms. The van der Waals surface area contributed by atoms with Gasteiger partial charge < -0.3 is 5.32 Å². The molecule has 1 aromatic rings. The molecule has 17 heavy (non-hydrogen) atoms. The maximum Gasteiger partial charge on any atom is 0.0536 e. The van der Waals surface area contributed by atoms with E-state index in [1.54, 1.807) is 0 Å². The van der Waals surface area contributed by atoms with Crippen molar-refractivity contribution in [3.63, 3.8) is 0 Å². The zero-order valence-electron chi connectivity index (χ0n) is 10.6. The fraction of sp³-hybridized carbons (Fsp3) is 0.769. The van der Waals surface area contributed by atoms with Crippen molar-refractivity contribution in [3.05, 3.63) is 18.5 Å². The van der Waals surface area contributed by atoms with E-state index < -0.39 is 0 Å². The number of piperazine rings is 1. The Morgan fingerprint density at radius 1 is 1.41 bits per heavy atom.